The van der Waals surface area contributed by atoms with Crippen LogP contribution in [0, 0.1) is 6.92 Å². The van der Waals surface area contributed by atoms with Gasteiger partial charge in [-0.25, -0.2) is 4.98 Å². The van der Waals surface area contributed by atoms with Crippen molar-refractivity contribution in [3.8, 4) is 0 Å². The fourth-order valence-corrected chi connectivity index (χ4v) is 2.23. The van der Waals surface area contributed by atoms with E-state index in [-0.39, 0.29) is 0 Å². The fourth-order valence-electron chi connectivity index (χ4n) is 1.34. The first kappa shape index (κ1) is 8.66. The Bertz CT molecular complexity index is 422. The number of nitrogens with zero attached hydrogens (tertiary/aromatic N) is 1. The zero-order valence-electron chi connectivity index (χ0n) is 7.70. The van der Waals surface area contributed by atoms with Gasteiger partial charge in [-0.3, -0.25) is 0 Å². The highest BCUT2D eigenvalue weighted by atomic mass is 32.1. The zero-order chi connectivity index (χ0) is 9.26. The monoisotopic (exact) mass is 193 g/mol. The van der Waals surface area contributed by atoms with Crippen molar-refractivity contribution < 1.29 is 4.74 Å². The number of aromatic nitrogens is 1. The van der Waals surface area contributed by atoms with E-state index in [1.807, 2.05) is 13.0 Å². The van der Waals surface area contributed by atoms with Gasteiger partial charge in [-0.2, -0.15) is 0 Å². The topological polar surface area (TPSA) is 22.1 Å². The molecule has 0 N–H and O–H groups in total. The van der Waals surface area contributed by atoms with E-state index in [0.29, 0.717) is 6.61 Å². The summed E-state index contributed by atoms with van der Waals surface area (Å²) in [6, 6.07) is 6.25. The first-order valence-electron chi connectivity index (χ1n) is 4.14. The van der Waals surface area contributed by atoms with E-state index in [4.69, 9.17) is 4.74 Å². The molecule has 0 aliphatic carbocycles. The van der Waals surface area contributed by atoms with Crippen molar-refractivity contribution in [1.82, 2.24) is 4.98 Å². The molecule has 1 aromatic carbocycles. The van der Waals surface area contributed by atoms with Crippen LogP contribution in [-0.4, -0.2) is 12.1 Å². The molecule has 0 unspecified atom stereocenters. The Morgan fingerprint density at radius 1 is 1.46 bits per heavy atom. The molecule has 2 aromatic rings. The zero-order valence-corrected chi connectivity index (χ0v) is 8.52. The van der Waals surface area contributed by atoms with Gasteiger partial charge in [-0.05, 0) is 24.6 Å². The highest BCUT2D eigenvalue weighted by Gasteiger charge is 2.00. The summed E-state index contributed by atoms with van der Waals surface area (Å²) in [6.07, 6.45) is 0. The predicted octanol–water partition coefficient (Wildman–Crippen LogP) is 2.75. The van der Waals surface area contributed by atoms with Crippen LogP contribution in [0.25, 0.3) is 10.2 Å². The van der Waals surface area contributed by atoms with Crippen LogP contribution >= 0.6 is 11.3 Å². The Labute approximate surface area is 81.2 Å². The van der Waals surface area contributed by atoms with Crippen molar-refractivity contribution in [2.45, 2.75) is 13.5 Å². The molecule has 0 aliphatic rings. The Morgan fingerprint density at radius 2 is 2.31 bits per heavy atom. The number of methoxy groups -OCH3 is 1. The lowest BCUT2D eigenvalue weighted by Gasteiger charge is -1.97. The van der Waals surface area contributed by atoms with Gasteiger partial charge in [-0.15, -0.1) is 11.3 Å². The largest absolute Gasteiger partial charge is 0.380 e. The van der Waals surface area contributed by atoms with Crippen molar-refractivity contribution >= 4 is 21.6 Å². The minimum absolute atomic E-state index is 0.673. The Balaban J connectivity index is 2.48. The summed E-state index contributed by atoms with van der Waals surface area (Å²) < 4.78 is 6.31. The Hall–Kier alpha value is -0.930. The third kappa shape index (κ3) is 1.71. The van der Waals surface area contributed by atoms with Crippen molar-refractivity contribution in [1.29, 1.82) is 0 Å². The molecule has 0 fully saturated rings. The van der Waals surface area contributed by atoms with E-state index in [0.717, 1.165) is 10.5 Å². The number of fused-ring (bicyclic) bond motifs is 1. The number of thiazole rings is 1. The number of benzene rings is 1. The van der Waals surface area contributed by atoms with Crippen LogP contribution in [0.3, 0.4) is 0 Å². The second-order valence-corrected chi connectivity index (χ2v) is 4.20. The fraction of sp³-hybridized carbons (Fsp3) is 0.300. The standard InChI is InChI=1S/C10H11NOS/c1-7-11-9-4-3-8(6-12-2)5-10(9)13-7/h3-5H,6H2,1-2H3. The summed E-state index contributed by atoms with van der Waals surface area (Å²) in [5.41, 5.74) is 2.29. The minimum Gasteiger partial charge on any atom is -0.380 e. The predicted molar refractivity (Wildman–Crippen MR) is 55.1 cm³/mol. The number of rotatable bonds is 2. The number of ether oxygens (including phenoxy) is 1. The summed E-state index contributed by atoms with van der Waals surface area (Å²) in [4.78, 5) is 4.39. The lowest BCUT2D eigenvalue weighted by molar-refractivity contribution is 0.185. The molecule has 1 aromatic heterocycles. The molecule has 2 nitrogen and oxygen atoms in total. The molecule has 0 aliphatic heterocycles. The first-order chi connectivity index (χ1) is 6.29. The molecule has 0 saturated carbocycles. The molecule has 68 valence electrons. The van der Waals surface area contributed by atoms with Crippen LogP contribution in [-0.2, 0) is 11.3 Å². The van der Waals surface area contributed by atoms with Crippen molar-refractivity contribution in [2.24, 2.45) is 0 Å². The molecule has 0 radical (unpaired) electrons. The van der Waals surface area contributed by atoms with Crippen LogP contribution in [0.5, 0.6) is 0 Å². The normalized spacial score (nSPS) is 10.9. The molecule has 0 spiro atoms. The summed E-state index contributed by atoms with van der Waals surface area (Å²) in [5, 5.41) is 1.12. The van der Waals surface area contributed by atoms with E-state index in [1.165, 1.54) is 10.3 Å². The number of aryl methyl sites for hydroxylation is 1. The lowest BCUT2D eigenvalue weighted by atomic mass is 10.2. The van der Waals surface area contributed by atoms with E-state index in [1.54, 1.807) is 18.4 Å². The first-order valence-corrected chi connectivity index (χ1v) is 4.96. The van der Waals surface area contributed by atoms with Gasteiger partial charge in [0.05, 0.1) is 21.8 Å². The maximum atomic E-state index is 5.07. The summed E-state index contributed by atoms with van der Waals surface area (Å²) in [6.45, 7) is 2.70. The van der Waals surface area contributed by atoms with Crippen LogP contribution in [0.2, 0.25) is 0 Å². The van der Waals surface area contributed by atoms with E-state index in [9.17, 15) is 0 Å². The third-order valence-electron chi connectivity index (χ3n) is 1.87. The molecular weight excluding hydrogens is 182 g/mol. The molecule has 0 amide bonds. The summed E-state index contributed by atoms with van der Waals surface area (Å²) in [5.74, 6) is 0. The quantitative estimate of drug-likeness (QED) is 0.731. The summed E-state index contributed by atoms with van der Waals surface area (Å²) >= 11 is 1.73. The van der Waals surface area contributed by atoms with Crippen LogP contribution in [0.1, 0.15) is 10.6 Å². The maximum absolute atomic E-state index is 5.07. The SMILES string of the molecule is COCc1ccc2nc(C)sc2c1. The van der Waals surface area contributed by atoms with Gasteiger partial charge in [0.2, 0.25) is 0 Å². The molecule has 3 heteroatoms. The van der Waals surface area contributed by atoms with Crippen molar-refractivity contribution in [3.05, 3.63) is 28.8 Å². The van der Waals surface area contributed by atoms with E-state index in [2.05, 4.69) is 17.1 Å². The van der Waals surface area contributed by atoms with Gasteiger partial charge < -0.3 is 4.74 Å². The molecule has 13 heavy (non-hydrogen) atoms. The summed E-state index contributed by atoms with van der Waals surface area (Å²) in [7, 11) is 1.71. The average Bonchev–Trinajstić information content (AvgIpc) is 2.44. The van der Waals surface area contributed by atoms with Crippen LogP contribution < -0.4 is 0 Å². The van der Waals surface area contributed by atoms with E-state index < -0.39 is 0 Å². The molecule has 0 bridgehead atoms. The lowest BCUT2D eigenvalue weighted by Crippen LogP contribution is -1.85. The second kappa shape index (κ2) is 3.44. The van der Waals surface area contributed by atoms with Gasteiger partial charge in [0, 0.05) is 7.11 Å². The molecule has 0 atom stereocenters. The van der Waals surface area contributed by atoms with Gasteiger partial charge in [0.15, 0.2) is 0 Å². The van der Waals surface area contributed by atoms with Crippen molar-refractivity contribution in [3.63, 3.8) is 0 Å². The smallest absolute Gasteiger partial charge is 0.0907 e. The maximum Gasteiger partial charge on any atom is 0.0907 e. The van der Waals surface area contributed by atoms with Gasteiger partial charge in [-0.1, -0.05) is 6.07 Å². The van der Waals surface area contributed by atoms with Gasteiger partial charge in [0.1, 0.15) is 0 Å². The molecule has 0 saturated heterocycles. The Kier molecular flexibility index (Phi) is 2.29. The Morgan fingerprint density at radius 3 is 3.08 bits per heavy atom. The highest BCUT2D eigenvalue weighted by Crippen LogP contribution is 2.22. The highest BCUT2D eigenvalue weighted by molar-refractivity contribution is 7.18. The molecule has 1 heterocycles. The van der Waals surface area contributed by atoms with Gasteiger partial charge >= 0.3 is 0 Å². The van der Waals surface area contributed by atoms with Gasteiger partial charge in [0.25, 0.3) is 0 Å². The van der Waals surface area contributed by atoms with Crippen LogP contribution in [0.15, 0.2) is 18.2 Å². The molecule has 2 rings (SSSR count). The third-order valence-corrected chi connectivity index (χ3v) is 2.80. The van der Waals surface area contributed by atoms with Crippen LogP contribution in [0.4, 0.5) is 0 Å². The number of hydrogen-bond donors (Lipinski definition) is 0. The molecular formula is C10H11NOS. The van der Waals surface area contributed by atoms with E-state index >= 15 is 0 Å². The van der Waals surface area contributed by atoms with Crippen molar-refractivity contribution in [2.75, 3.05) is 7.11 Å². The minimum atomic E-state index is 0.673. The average molecular weight is 193 g/mol. The number of hydrogen-bond acceptors (Lipinski definition) is 3. The second-order valence-electron chi connectivity index (χ2n) is 2.97.